The maximum absolute atomic E-state index is 11.1. The van der Waals surface area contributed by atoms with E-state index in [4.69, 9.17) is 0 Å². The van der Waals surface area contributed by atoms with Crippen LogP contribution in [0.1, 0.15) is 33.6 Å². The fraction of sp³-hybridized carbons (Fsp3) is 0.778. The number of carbonyl (C=O) groups excluding carboxylic acids is 2. The summed E-state index contributed by atoms with van der Waals surface area (Å²) in [5, 5.41) is 2.82. The Labute approximate surface area is 72.5 Å². The minimum absolute atomic E-state index is 0.0204. The molecular weight excluding hydrogens is 154 g/mol. The zero-order valence-electron chi connectivity index (χ0n) is 7.81. The van der Waals surface area contributed by atoms with Crippen LogP contribution in [-0.4, -0.2) is 17.7 Å². The van der Waals surface area contributed by atoms with Crippen LogP contribution in [0.3, 0.4) is 0 Å². The average Bonchev–Trinajstić information content (AvgIpc) is 2.35. The zero-order chi connectivity index (χ0) is 9.35. The quantitative estimate of drug-likeness (QED) is 0.637. The fourth-order valence-corrected chi connectivity index (χ4v) is 1.19. The second-order valence-electron chi connectivity index (χ2n) is 4.19. The van der Waals surface area contributed by atoms with Gasteiger partial charge in [-0.05, 0) is 18.8 Å². The number of hydrogen-bond donors (Lipinski definition) is 1. The third-order valence-electron chi connectivity index (χ3n) is 2.26. The first kappa shape index (κ1) is 9.23. The highest BCUT2D eigenvalue weighted by molar-refractivity contribution is 5.97. The smallest absolute Gasteiger partial charge is 0.227 e. The molecule has 0 heterocycles. The van der Waals surface area contributed by atoms with Crippen LogP contribution in [0.15, 0.2) is 0 Å². The van der Waals surface area contributed by atoms with Gasteiger partial charge in [0.05, 0.1) is 6.42 Å². The molecule has 3 heteroatoms. The normalized spacial score (nSPS) is 24.8. The number of hydrogen-bond acceptors (Lipinski definition) is 2. The summed E-state index contributed by atoms with van der Waals surface area (Å²) < 4.78 is 0. The Morgan fingerprint density at radius 2 is 2.00 bits per heavy atom. The number of amides is 1. The molecule has 0 bridgehead atoms. The second kappa shape index (κ2) is 2.88. The first-order valence-electron chi connectivity index (χ1n) is 4.20. The lowest BCUT2D eigenvalue weighted by molar-refractivity contribution is -0.127. The number of ketones is 1. The molecule has 0 aromatic rings. The molecule has 68 valence electrons. The third kappa shape index (κ3) is 2.32. The predicted molar refractivity (Wildman–Crippen MR) is 45.6 cm³/mol. The van der Waals surface area contributed by atoms with Crippen molar-refractivity contribution < 1.29 is 9.59 Å². The summed E-state index contributed by atoms with van der Waals surface area (Å²) in [5.74, 6) is -0.218. The monoisotopic (exact) mass is 169 g/mol. The van der Waals surface area contributed by atoms with Gasteiger partial charge in [0, 0.05) is 6.04 Å². The number of carbonyl (C=O) groups is 2. The standard InChI is InChI=1S/C9H15NO2/c1-6(11)4-8(12)10-7-5-9(7,2)3/h7H,4-5H2,1-3H3,(H,10,12). The van der Waals surface area contributed by atoms with Crippen LogP contribution in [0.25, 0.3) is 0 Å². The van der Waals surface area contributed by atoms with E-state index >= 15 is 0 Å². The highest BCUT2D eigenvalue weighted by Gasteiger charge is 2.46. The Morgan fingerprint density at radius 3 is 2.33 bits per heavy atom. The van der Waals surface area contributed by atoms with Gasteiger partial charge in [0.15, 0.2) is 0 Å². The molecule has 1 rings (SSSR count). The van der Waals surface area contributed by atoms with Gasteiger partial charge in [-0.15, -0.1) is 0 Å². The molecule has 3 nitrogen and oxygen atoms in total. The van der Waals surface area contributed by atoms with E-state index in [-0.39, 0.29) is 29.6 Å². The molecule has 1 atom stereocenters. The largest absolute Gasteiger partial charge is 0.352 e. The SMILES string of the molecule is CC(=O)CC(=O)NC1CC1(C)C. The molecule has 1 amide bonds. The molecule has 0 saturated heterocycles. The van der Waals surface area contributed by atoms with Crippen molar-refractivity contribution in [1.82, 2.24) is 5.32 Å². The summed E-state index contributed by atoms with van der Waals surface area (Å²) in [7, 11) is 0. The van der Waals surface area contributed by atoms with E-state index in [1.165, 1.54) is 6.92 Å². The molecule has 1 aliphatic rings. The van der Waals surface area contributed by atoms with E-state index in [1.807, 2.05) is 0 Å². The minimum atomic E-state index is -0.141. The summed E-state index contributed by atoms with van der Waals surface area (Å²) in [4.78, 5) is 21.6. The fourth-order valence-electron chi connectivity index (χ4n) is 1.19. The van der Waals surface area contributed by atoms with Crippen molar-refractivity contribution in [3.63, 3.8) is 0 Å². The van der Waals surface area contributed by atoms with Crippen molar-refractivity contribution in [2.45, 2.75) is 39.7 Å². The predicted octanol–water partition coefficient (Wildman–Crippen LogP) is 0.880. The molecule has 0 aromatic carbocycles. The highest BCUT2D eigenvalue weighted by atomic mass is 16.2. The van der Waals surface area contributed by atoms with Gasteiger partial charge >= 0.3 is 0 Å². The molecule has 1 aliphatic carbocycles. The molecule has 12 heavy (non-hydrogen) atoms. The lowest BCUT2D eigenvalue weighted by atomic mass is 10.2. The van der Waals surface area contributed by atoms with Crippen molar-refractivity contribution in [3.8, 4) is 0 Å². The molecule has 1 unspecified atom stereocenters. The zero-order valence-corrected chi connectivity index (χ0v) is 7.81. The summed E-state index contributed by atoms with van der Waals surface area (Å²) in [6.07, 6.45) is 1.04. The van der Waals surface area contributed by atoms with Gasteiger partial charge in [-0.2, -0.15) is 0 Å². The van der Waals surface area contributed by atoms with Crippen LogP contribution in [0.4, 0.5) is 0 Å². The van der Waals surface area contributed by atoms with Gasteiger partial charge in [0.2, 0.25) is 5.91 Å². The summed E-state index contributed by atoms with van der Waals surface area (Å²) in [5.41, 5.74) is 0.243. The van der Waals surface area contributed by atoms with Crippen molar-refractivity contribution in [2.75, 3.05) is 0 Å². The third-order valence-corrected chi connectivity index (χ3v) is 2.26. The Balaban J connectivity index is 2.25. The lowest BCUT2D eigenvalue weighted by Crippen LogP contribution is -2.29. The summed E-state index contributed by atoms with van der Waals surface area (Å²) >= 11 is 0. The van der Waals surface area contributed by atoms with Crippen LogP contribution in [0.5, 0.6) is 0 Å². The molecule has 1 saturated carbocycles. The molecule has 1 N–H and O–H groups in total. The van der Waals surface area contributed by atoms with Gasteiger partial charge in [-0.25, -0.2) is 0 Å². The molecule has 0 spiro atoms. The van der Waals surface area contributed by atoms with E-state index in [2.05, 4.69) is 19.2 Å². The van der Waals surface area contributed by atoms with Crippen molar-refractivity contribution >= 4 is 11.7 Å². The molecule has 0 aromatic heterocycles. The summed E-state index contributed by atoms with van der Waals surface area (Å²) in [6, 6.07) is 0.282. The number of Topliss-reactive ketones (excluding diaryl/α,β-unsaturated/α-hetero) is 1. The first-order valence-corrected chi connectivity index (χ1v) is 4.20. The van der Waals surface area contributed by atoms with E-state index in [1.54, 1.807) is 0 Å². The highest BCUT2D eigenvalue weighted by Crippen LogP contribution is 2.44. The minimum Gasteiger partial charge on any atom is -0.352 e. The van der Waals surface area contributed by atoms with Gasteiger partial charge < -0.3 is 5.32 Å². The average molecular weight is 169 g/mol. The van der Waals surface area contributed by atoms with Gasteiger partial charge in [-0.3, -0.25) is 9.59 Å². The lowest BCUT2D eigenvalue weighted by Gasteiger charge is -2.04. The Hall–Kier alpha value is -0.860. The Kier molecular flexibility index (Phi) is 2.22. The molecular formula is C9H15NO2. The topological polar surface area (TPSA) is 46.2 Å². The van der Waals surface area contributed by atoms with Crippen molar-refractivity contribution in [1.29, 1.82) is 0 Å². The van der Waals surface area contributed by atoms with Crippen LogP contribution in [0.2, 0.25) is 0 Å². The maximum Gasteiger partial charge on any atom is 0.227 e. The molecule has 0 radical (unpaired) electrons. The molecule has 0 aliphatic heterocycles. The van der Waals surface area contributed by atoms with E-state index < -0.39 is 0 Å². The van der Waals surface area contributed by atoms with Crippen molar-refractivity contribution in [3.05, 3.63) is 0 Å². The van der Waals surface area contributed by atoms with E-state index in [0.717, 1.165) is 6.42 Å². The van der Waals surface area contributed by atoms with Crippen molar-refractivity contribution in [2.24, 2.45) is 5.41 Å². The first-order chi connectivity index (χ1) is 5.42. The van der Waals surface area contributed by atoms with Crippen LogP contribution < -0.4 is 5.32 Å². The second-order valence-corrected chi connectivity index (χ2v) is 4.19. The number of rotatable bonds is 3. The van der Waals surface area contributed by atoms with Crippen LogP contribution >= 0.6 is 0 Å². The van der Waals surface area contributed by atoms with E-state index in [0.29, 0.717) is 0 Å². The maximum atomic E-state index is 11.1. The molecule has 1 fully saturated rings. The van der Waals surface area contributed by atoms with Crippen LogP contribution in [-0.2, 0) is 9.59 Å². The summed E-state index contributed by atoms with van der Waals surface area (Å²) in [6.45, 7) is 5.63. The Morgan fingerprint density at radius 1 is 1.50 bits per heavy atom. The van der Waals surface area contributed by atoms with E-state index in [9.17, 15) is 9.59 Å². The van der Waals surface area contributed by atoms with Crippen LogP contribution in [0, 0.1) is 5.41 Å². The Bertz CT molecular complexity index is 221. The van der Waals surface area contributed by atoms with Gasteiger partial charge in [-0.1, -0.05) is 13.8 Å². The van der Waals surface area contributed by atoms with Gasteiger partial charge in [0.1, 0.15) is 5.78 Å². The van der Waals surface area contributed by atoms with Gasteiger partial charge in [0.25, 0.3) is 0 Å². The number of nitrogens with one attached hydrogen (secondary N) is 1.